The number of carbonyl (C=O) groups is 1. The number of nitriles is 1. The predicted octanol–water partition coefficient (Wildman–Crippen LogP) is 5.06. The molecule has 0 spiro atoms. The van der Waals surface area contributed by atoms with E-state index in [2.05, 4.69) is 44.0 Å². The summed E-state index contributed by atoms with van der Waals surface area (Å²) < 4.78 is 0. The van der Waals surface area contributed by atoms with Gasteiger partial charge in [-0.15, -0.1) is 0 Å². The second kappa shape index (κ2) is 11.3. The first kappa shape index (κ1) is 20.8. The SMILES string of the molecule is CCCCN(/C=C(/C#N)C(=O)Nc1ccccc1C(C)C)CCCC. The second-order valence-corrected chi connectivity index (χ2v) is 6.59. The van der Waals surface area contributed by atoms with Crippen LogP contribution in [-0.4, -0.2) is 23.9 Å². The molecule has 0 atom stereocenters. The highest BCUT2D eigenvalue weighted by atomic mass is 16.1. The first-order valence-electron chi connectivity index (χ1n) is 9.29. The van der Waals surface area contributed by atoms with Gasteiger partial charge in [-0.3, -0.25) is 4.79 Å². The number of hydrogen-bond donors (Lipinski definition) is 1. The Kier molecular flexibility index (Phi) is 9.39. The first-order chi connectivity index (χ1) is 12.0. The van der Waals surface area contributed by atoms with Crippen molar-refractivity contribution in [1.29, 1.82) is 5.26 Å². The summed E-state index contributed by atoms with van der Waals surface area (Å²) in [6.45, 7) is 10.2. The number of para-hydroxylation sites is 1. The zero-order valence-electron chi connectivity index (χ0n) is 16.0. The van der Waals surface area contributed by atoms with Gasteiger partial charge in [0.05, 0.1) is 0 Å². The second-order valence-electron chi connectivity index (χ2n) is 6.59. The van der Waals surface area contributed by atoms with Gasteiger partial charge in [0, 0.05) is 25.0 Å². The Morgan fingerprint density at radius 3 is 2.32 bits per heavy atom. The lowest BCUT2D eigenvalue weighted by Crippen LogP contribution is -2.23. The van der Waals surface area contributed by atoms with Crippen LogP contribution in [0.5, 0.6) is 0 Å². The van der Waals surface area contributed by atoms with Gasteiger partial charge in [-0.1, -0.05) is 58.7 Å². The number of unbranched alkanes of at least 4 members (excludes halogenated alkanes) is 2. The molecule has 0 unspecified atom stereocenters. The fraction of sp³-hybridized carbons (Fsp3) is 0.524. The fourth-order valence-electron chi connectivity index (χ4n) is 2.59. The normalized spacial score (nSPS) is 11.3. The Morgan fingerprint density at radius 2 is 1.80 bits per heavy atom. The molecule has 25 heavy (non-hydrogen) atoms. The van der Waals surface area contributed by atoms with Crippen molar-refractivity contribution in [1.82, 2.24) is 4.90 Å². The van der Waals surface area contributed by atoms with E-state index in [0.29, 0.717) is 5.92 Å². The summed E-state index contributed by atoms with van der Waals surface area (Å²) in [4.78, 5) is 14.7. The van der Waals surface area contributed by atoms with Gasteiger partial charge in [0.25, 0.3) is 5.91 Å². The molecular formula is C21H31N3O. The zero-order valence-corrected chi connectivity index (χ0v) is 16.0. The average molecular weight is 341 g/mol. The number of hydrogen-bond acceptors (Lipinski definition) is 3. The molecule has 0 bridgehead atoms. The van der Waals surface area contributed by atoms with Crippen LogP contribution in [0.3, 0.4) is 0 Å². The van der Waals surface area contributed by atoms with Gasteiger partial charge in [-0.2, -0.15) is 5.26 Å². The van der Waals surface area contributed by atoms with Gasteiger partial charge in [0.1, 0.15) is 11.6 Å². The summed E-state index contributed by atoms with van der Waals surface area (Å²) in [6, 6.07) is 9.81. The van der Waals surface area contributed by atoms with E-state index in [-0.39, 0.29) is 11.5 Å². The van der Waals surface area contributed by atoms with E-state index < -0.39 is 0 Å². The molecule has 0 saturated carbocycles. The number of benzene rings is 1. The van der Waals surface area contributed by atoms with Crippen molar-refractivity contribution in [2.75, 3.05) is 18.4 Å². The lowest BCUT2D eigenvalue weighted by Gasteiger charge is -2.20. The Balaban J connectivity index is 2.93. The number of nitrogens with zero attached hydrogens (tertiary/aromatic N) is 2. The summed E-state index contributed by atoms with van der Waals surface area (Å²) in [6.07, 6.45) is 6.00. The molecule has 0 aliphatic rings. The smallest absolute Gasteiger partial charge is 0.267 e. The highest BCUT2D eigenvalue weighted by Gasteiger charge is 2.14. The van der Waals surface area contributed by atoms with E-state index in [0.717, 1.165) is 50.0 Å². The molecule has 1 aromatic rings. The van der Waals surface area contributed by atoms with Crippen molar-refractivity contribution >= 4 is 11.6 Å². The van der Waals surface area contributed by atoms with Crippen LogP contribution in [0.2, 0.25) is 0 Å². The Morgan fingerprint density at radius 1 is 1.20 bits per heavy atom. The average Bonchev–Trinajstić information content (AvgIpc) is 2.61. The molecule has 136 valence electrons. The molecule has 1 N–H and O–H groups in total. The molecule has 1 rings (SSSR count). The molecule has 0 radical (unpaired) electrons. The van der Waals surface area contributed by atoms with Crippen LogP contribution in [0, 0.1) is 11.3 Å². The lowest BCUT2D eigenvalue weighted by molar-refractivity contribution is -0.112. The van der Waals surface area contributed by atoms with E-state index in [1.165, 1.54) is 0 Å². The maximum Gasteiger partial charge on any atom is 0.267 e. The molecular weight excluding hydrogens is 310 g/mol. The number of anilines is 1. The van der Waals surface area contributed by atoms with Crippen LogP contribution in [0.4, 0.5) is 5.69 Å². The van der Waals surface area contributed by atoms with Gasteiger partial charge < -0.3 is 10.2 Å². The van der Waals surface area contributed by atoms with Crippen LogP contribution < -0.4 is 5.32 Å². The predicted molar refractivity (Wildman–Crippen MR) is 104 cm³/mol. The maximum atomic E-state index is 12.6. The molecule has 4 nitrogen and oxygen atoms in total. The van der Waals surface area contributed by atoms with E-state index in [1.54, 1.807) is 6.20 Å². The van der Waals surface area contributed by atoms with Crippen molar-refractivity contribution in [2.24, 2.45) is 0 Å². The summed E-state index contributed by atoms with van der Waals surface area (Å²) in [5.74, 6) is -0.0368. The van der Waals surface area contributed by atoms with Crippen molar-refractivity contribution in [2.45, 2.75) is 59.3 Å². The Labute approximate surface area is 152 Å². The van der Waals surface area contributed by atoms with Crippen molar-refractivity contribution in [3.05, 3.63) is 41.6 Å². The Bertz CT molecular complexity index is 606. The summed E-state index contributed by atoms with van der Waals surface area (Å²) >= 11 is 0. The Hall–Kier alpha value is -2.28. The third-order valence-corrected chi connectivity index (χ3v) is 4.11. The van der Waals surface area contributed by atoms with Gasteiger partial charge in [-0.05, 0) is 30.4 Å². The molecule has 0 aromatic heterocycles. The van der Waals surface area contributed by atoms with E-state index in [9.17, 15) is 10.1 Å². The topological polar surface area (TPSA) is 56.1 Å². The summed E-state index contributed by atoms with van der Waals surface area (Å²) in [5.41, 5.74) is 2.00. The van der Waals surface area contributed by atoms with Gasteiger partial charge in [0.2, 0.25) is 0 Å². The van der Waals surface area contributed by atoms with Crippen LogP contribution in [0.25, 0.3) is 0 Å². The quantitative estimate of drug-likeness (QED) is 0.478. The molecule has 0 aliphatic carbocycles. The molecule has 0 fully saturated rings. The number of carbonyl (C=O) groups excluding carboxylic acids is 1. The zero-order chi connectivity index (χ0) is 18.7. The minimum atomic E-state index is -0.339. The standard InChI is InChI=1S/C21H31N3O/c1-5-7-13-24(14-8-6-2)16-18(15-22)21(25)23-20-12-10-9-11-19(20)17(3)4/h9-12,16-17H,5-8,13-14H2,1-4H3,(H,23,25)/b18-16-. The molecule has 0 heterocycles. The molecule has 0 aliphatic heterocycles. The number of nitrogens with one attached hydrogen (secondary N) is 1. The lowest BCUT2D eigenvalue weighted by atomic mass is 10.0. The van der Waals surface area contributed by atoms with Gasteiger partial charge in [-0.25, -0.2) is 0 Å². The minimum absolute atomic E-state index is 0.158. The molecule has 1 aromatic carbocycles. The van der Waals surface area contributed by atoms with Crippen LogP contribution in [0.15, 0.2) is 36.0 Å². The van der Waals surface area contributed by atoms with Crippen molar-refractivity contribution < 1.29 is 4.79 Å². The maximum absolute atomic E-state index is 12.6. The van der Waals surface area contributed by atoms with E-state index >= 15 is 0 Å². The third-order valence-electron chi connectivity index (χ3n) is 4.11. The van der Waals surface area contributed by atoms with Gasteiger partial charge in [0.15, 0.2) is 0 Å². The minimum Gasteiger partial charge on any atom is -0.376 e. The van der Waals surface area contributed by atoms with Crippen LogP contribution >= 0.6 is 0 Å². The van der Waals surface area contributed by atoms with E-state index in [4.69, 9.17) is 0 Å². The van der Waals surface area contributed by atoms with Crippen LogP contribution in [-0.2, 0) is 4.79 Å². The van der Waals surface area contributed by atoms with E-state index in [1.807, 2.05) is 24.3 Å². The largest absolute Gasteiger partial charge is 0.376 e. The number of rotatable bonds is 10. The highest BCUT2D eigenvalue weighted by Crippen LogP contribution is 2.24. The first-order valence-corrected chi connectivity index (χ1v) is 9.29. The number of amides is 1. The highest BCUT2D eigenvalue weighted by molar-refractivity contribution is 6.06. The third kappa shape index (κ3) is 7.01. The molecule has 1 amide bonds. The van der Waals surface area contributed by atoms with Crippen molar-refractivity contribution in [3.8, 4) is 6.07 Å². The monoisotopic (exact) mass is 341 g/mol. The summed E-state index contributed by atoms with van der Waals surface area (Å²) in [5, 5.41) is 12.4. The molecule has 4 heteroatoms. The van der Waals surface area contributed by atoms with Crippen LogP contribution in [0.1, 0.15) is 64.9 Å². The molecule has 0 saturated heterocycles. The van der Waals surface area contributed by atoms with Gasteiger partial charge >= 0.3 is 0 Å². The fourth-order valence-corrected chi connectivity index (χ4v) is 2.59. The summed E-state index contributed by atoms with van der Waals surface area (Å²) in [7, 11) is 0. The van der Waals surface area contributed by atoms with Crippen molar-refractivity contribution in [3.63, 3.8) is 0 Å².